The lowest BCUT2D eigenvalue weighted by Crippen LogP contribution is -2.50. The van der Waals surface area contributed by atoms with Crippen LogP contribution in [0.4, 0.5) is 0 Å². The van der Waals surface area contributed by atoms with E-state index >= 15 is 0 Å². The van der Waals surface area contributed by atoms with Crippen LogP contribution in [-0.4, -0.2) is 35.2 Å². The first kappa shape index (κ1) is 19.6. The maximum atomic E-state index is 12.6. The number of carbonyl (C=O) groups is 1. The van der Waals surface area contributed by atoms with Crippen molar-refractivity contribution >= 4 is 5.91 Å². The predicted molar refractivity (Wildman–Crippen MR) is 109 cm³/mol. The standard InChI is InChI=1S/C23H30N2O2/c1-2-13-23(14-15-23)24-17-21(26)20(16-18-9-5-3-6-10-18)25-22(27)19-11-7-4-8-12-19/h3-12,20-21,24,26H,2,13-17H2,1H3,(H,25,27)/t20-,21+/m0/s1. The second-order valence-electron chi connectivity index (χ2n) is 7.61. The number of rotatable bonds is 10. The number of nitrogens with one attached hydrogen (secondary N) is 2. The van der Waals surface area contributed by atoms with Gasteiger partial charge in [0.2, 0.25) is 0 Å². The van der Waals surface area contributed by atoms with Gasteiger partial charge in [-0.1, -0.05) is 61.9 Å². The SMILES string of the molecule is CCCC1(NC[C@@H](O)[C@H](Cc2ccccc2)NC(=O)c2ccccc2)CC1. The zero-order chi connectivity index (χ0) is 19.1. The molecule has 0 aromatic heterocycles. The van der Waals surface area contributed by atoms with Crippen molar-refractivity contribution in [2.24, 2.45) is 0 Å². The van der Waals surface area contributed by atoms with Crippen LogP contribution in [0.25, 0.3) is 0 Å². The van der Waals surface area contributed by atoms with Crippen molar-refractivity contribution in [2.45, 2.75) is 56.7 Å². The van der Waals surface area contributed by atoms with Crippen molar-refractivity contribution < 1.29 is 9.90 Å². The summed E-state index contributed by atoms with van der Waals surface area (Å²) >= 11 is 0. The molecule has 3 rings (SSSR count). The molecule has 0 heterocycles. The van der Waals surface area contributed by atoms with E-state index in [0.717, 1.165) is 18.4 Å². The van der Waals surface area contributed by atoms with Crippen LogP contribution in [0.15, 0.2) is 60.7 Å². The average Bonchev–Trinajstić information content (AvgIpc) is 3.47. The van der Waals surface area contributed by atoms with Crippen molar-refractivity contribution in [1.29, 1.82) is 0 Å². The van der Waals surface area contributed by atoms with Crippen molar-refractivity contribution in [1.82, 2.24) is 10.6 Å². The van der Waals surface area contributed by atoms with Crippen molar-refractivity contribution in [3.05, 3.63) is 71.8 Å². The van der Waals surface area contributed by atoms with E-state index in [2.05, 4.69) is 17.6 Å². The molecule has 2 atom stereocenters. The predicted octanol–water partition coefficient (Wildman–Crippen LogP) is 3.31. The molecule has 0 radical (unpaired) electrons. The van der Waals surface area contributed by atoms with Gasteiger partial charge in [0.25, 0.3) is 5.91 Å². The molecule has 144 valence electrons. The van der Waals surface area contributed by atoms with Gasteiger partial charge < -0.3 is 15.7 Å². The number of hydrogen-bond donors (Lipinski definition) is 3. The van der Waals surface area contributed by atoms with Gasteiger partial charge in [0.1, 0.15) is 0 Å². The minimum Gasteiger partial charge on any atom is -0.390 e. The molecule has 0 spiro atoms. The van der Waals surface area contributed by atoms with Crippen LogP contribution in [0.3, 0.4) is 0 Å². The lowest BCUT2D eigenvalue weighted by Gasteiger charge is -2.27. The van der Waals surface area contributed by atoms with E-state index < -0.39 is 6.10 Å². The summed E-state index contributed by atoms with van der Waals surface area (Å²) in [5, 5.41) is 17.4. The summed E-state index contributed by atoms with van der Waals surface area (Å²) in [4.78, 5) is 12.6. The Labute approximate surface area is 162 Å². The lowest BCUT2D eigenvalue weighted by molar-refractivity contribution is 0.0821. The lowest BCUT2D eigenvalue weighted by atomic mass is 10.00. The highest BCUT2D eigenvalue weighted by Crippen LogP contribution is 2.39. The molecule has 1 fully saturated rings. The Morgan fingerprint density at radius 3 is 2.30 bits per heavy atom. The molecule has 3 N–H and O–H groups in total. The molecule has 1 amide bonds. The van der Waals surface area contributed by atoms with E-state index in [-0.39, 0.29) is 17.5 Å². The number of β-amino-alcohol motifs (C(OH)–C–C–N with tert-alkyl or cyclic N) is 1. The fraction of sp³-hybridized carbons (Fsp3) is 0.435. The Bertz CT molecular complexity index is 714. The van der Waals surface area contributed by atoms with Gasteiger partial charge in [-0.2, -0.15) is 0 Å². The van der Waals surface area contributed by atoms with E-state index in [0.29, 0.717) is 18.5 Å². The second-order valence-corrected chi connectivity index (χ2v) is 7.61. The van der Waals surface area contributed by atoms with E-state index in [4.69, 9.17) is 0 Å². The van der Waals surface area contributed by atoms with Crippen LogP contribution in [0.2, 0.25) is 0 Å². The second kappa shape index (κ2) is 9.16. The highest BCUT2D eigenvalue weighted by atomic mass is 16.3. The van der Waals surface area contributed by atoms with Gasteiger partial charge in [0, 0.05) is 17.6 Å². The van der Waals surface area contributed by atoms with E-state index in [1.165, 1.54) is 12.8 Å². The first-order valence-corrected chi connectivity index (χ1v) is 9.95. The zero-order valence-electron chi connectivity index (χ0n) is 16.0. The van der Waals surface area contributed by atoms with Gasteiger partial charge in [-0.05, 0) is 43.4 Å². The Morgan fingerprint density at radius 1 is 1.07 bits per heavy atom. The molecular formula is C23H30N2O2. The molecule has 2 aromatic rings. The van der Waals surface area contributed by atoms with Crippen molar-refractivity contribution in [3.8, 4) is 0 Å². The Balaban J connectivity index is 1.66. The molecule has 27 heavy (non-hydrogen) atoms. The monoisotopic (exact) mass is 366 g/mol. The molecular weight excluding hydrogens is 336 g/mol. The third-order valence-corrected chi connectivity index (χ3v) is 5.38. The fourth-order valence-electron chi connectivity index (χ4n) is 3.60. The molecule has 0 unspecified atom stereocenters. The summed E-state index contributed by atoms with van der Waals surface area (Å²) in [6.45, 7) is 2.68. The molecule has 4 nitrogen and oxygen atoms in total. The van der Waals surface area contributed by atoms with Crippen molar-refractivity contribution in [3.63, 3.8) is 0 Å². The summed E-state index contributed by atoms with van der Waals surface area (Å²) < 4.78 is 0. The Hall–Kier alpha value is -2.17. The highest BCUT2D eigenvalue weighted by molar-refractivity contribution is 5.94. The Kier molecular flexibility index (Phi) is 6.64. The van der Waals surface area contributed by atoms with Gasteiger partial charge in [-0.15, -0.1) is 0 Å². The van der Waals surface area contributed by atoms with Crippen LogP contribution in [-0.2, 0) is 6.42 Å². The third kappa shape index (κ3) is 5.65. The molecule has 0 bridgehead atoms. The first-order valence-electron chi connectivity index (χ1n) is 9.95. The minimum atomic E-state index is -0.646. The summed E-state index contributed by atoms with van der Waals surface area (Å²) in [6.07, 6.45) is 4.58. The molecule has 0 aliphatic heterocycles. The van der Waals surface area contributed by atoms with Crippen LogP contribution < -0.4 is 10.6 Å². The largest absolute Gasteiger partial charge is 0.390 e. The summed E-state index contributed by atoms with van der Waals surface area (Å²) in [7, 11) is 0. The van der Waals surface area contributed by atoms with Crippen LogP contribution >= 0.6 is 0 Å². The van der Waals surface area contributed by atoms with Gasteiger partial charge in [0.15, 0.2) is 0 Å². The number of aliphatic hydroxyl groups excluding tert-OH is 1. The molecule has 4 heteroatoms. The van der Waals surface area contributed by atoms with Crippen LogP contribution in [0, 0.1) is 0 Å². The highest BCUT2D eigenvalue weighted by Gasteiger charge is 2.41. The maximum Gasteiger partial charge on any atom is 0.251 e. The average molecular weight is 367 g/mol. The summed E-state index contributed by atoms with van der Waals surface area (Å²) in [5.74, 6) is -0.148. The summed E-state index contributed by atoms with van der Waals surface area (Å²) in [6, 6.07) is 18.8. The smallest absolute Gasteiger partial charge is 0.251 e. The molecule has 2 aromatic carbocycles. The quantitative estimate of drug-likeness (QED) is 0.605. The van der Waals surface area contributed by atoms with Gasteiger partial charge in [0.05, 0.1) is 12.1 Å². The van der Waals surface area contributed by atoms with E-state index in [9.17, 15) is 9.90 Å². The maximum absolute atomic E-state index is 12.6. The molecule has 1 saturated carbocycles. The molecule has 0 saturated heterocycles. The van der Waals surface area contributed by atoms with E-state index in [1.807, 2.05) is 48.5 Å². The van der Waals surface area contributed by atoms with Crippen LogP contribution in [0.1, 0.15) is 48.5 Å². The molecule has 1 aliphatic carbocycles. The van der Waals surface area contributed by atoms with Gasteiger partial charge in [-0.25, -0.2) is 0 Å². The normalized spacial score (nSPS) is 17.1. The fourth-order valence-corrected chi connectivity index (χ4v) is 3.60. The van der Waals surface area contributed by atoms with Gasteiger partial charge in [-0.3, -0.25) is 4.79 Å². The molecule has 1 aliphatic rings. The number of benzene rings is 2. The van der Waals surface area contributed by atoms with E-state index in [1.54, 1.807) is 12.1 Å². The minimum absolute atomic E-state index is 0.148. The van der Waals surface area contributed by atoms with Gasteiger partial charge >= 0.3 is 0 Å². The number of carbonyl (C=O) groups excluding carboxylic acids is 1. The topological polar surface area (TPSA) is 61.4 Å². The number of hydrogen-bond acceptors (Lipinski definition) is 3. The van der Waals surface area contributed by atoms with Crippen molar-refractivity contribution in [2.75, 3.05) is 6.54 Å². The zero-order valence-corrected chi connectivity index (χ0v) is 16.0. The summed E-state index contributed by atoms with van der Waals surface area (Å²) in [5.41, 5.74) is 1.92. The first-order chi connectivity index (χ1) is 13.1. The van der Waals surface area contributed by atoms with Crippen LogP contribution in [0.5, 0.6) is 0 Å². The number of aliphatic hydroxyl groups is 1. The third-order valence-electron chi connectivity index (χ3n) is 5.38. The number of amides is 1. The Morgan fingerprint density at radius 2 is 1.70 bits per heavy atom.